The number of thioether (sulfide) groups is 1. The van der Waals surface area contributed by atoms with E-state index in [1.807, 2.05) is 28.8 Å². The summed E-state index contributed by atoms with van der Waals surface area (Å²) in [6.45, 7) is 3.80. The average Bonchev–Trinajstić information content (AvgIpc) is 3.43. The van der Waals surface area contributed by atoms with Gasteiger partial charge in [0.1, 0.15) is 21.7 Å². The van der Waals surface area contributed by atoms with E-state index < -0.39 is 5.97 Å². The fourth-order valence-electron chi connectivity index (χ4n) is 3.92. The van der Waals surface area contributed by atoms with E-state index in [1.165, 1.54) is 18.2 Å². The van der Waals surface area contributed by atoms with Gasteiger partial charge in [-0.15, -0.1) is 21.5 Å². The second-order valence-electron chi connectivity index (χ2n) is 7.61. The number of nitrogen functional groups attached to an aromatic ring is 1. The molecule has 3 aromatic rings. The number of rotatable bonds is 8. The lowest BCUT2D eigenvalue weighted by molar-refractivity contribution is 0.0531. The lowest BCUT2D eigenvalue weighted by Gasteiger charge is -2.28. The lowest BCUT2D eigenvalue weighted by Crippen LogP contribution is -2.31. The summed E-state index contributed by atoms with van der Waals surface area (Å²) < 4.78 is 12.8. The maximum absolute atomic E-state index is 12.5. The smallest absolute Gasteiger partial charge is 0.348 e. The van der Waals surface area contributed by atoms with Crippen molar-refractivity contribution in [2.24, 2.45) is 0 Å². The molecule has 178 valence electrons. The van der Waals surface area contributed by atoms with Gasteiger partial charge in [-0.2, -0.15) is 5.26 Å². The van der Waals surface area contributed by atoms with Crippen LogP contribution in [-0.4, -0.2) is 47.5 Å². The fraction of sp³-hybridized carbons (Fsp3) is 0.391. The minimum absolute atomic E-state index is 0.242. The van der Waals surface area contributed by atoms with Gasteiger partial charge in [-0.1, -0.05) is 23.9 Å². The first-order valence-corrected chi connectivity index (χ1v) is 12.8. The molecule has 0 aliphatic carbocycles. The Morgan fingerprint density at radius 3 is 2.74 bits per heavy atom. The van der Waals surface area contributed by atoms with E-state index in [9.17, 15) is 10.1 Å². The SMILES string of the molecule is CCOC(=O)c1sc(N)c(C#N)c1CSc1nnc(N2CCCCC2)n1-c1ccccc1OC. The van der Waals surface area contributed by atoms with E-state index in [2.05, 4.69) is 21.2 Å². The summed E-state index contributed by atoms with van der Waals surface area (Å²) in [4.78, 5) is 15.1. The second-order valence-corrected chi connectivity index (χ2v) is 9.60. The molecule has 0 bridgehead atoms. The number of nitrogens with two attached hydrogens (primary N) is 1. The molecule has 0 spiro atoms. The molecule has 9 nitrogen and oxygen atoms in total. The van der Waals surface area contributed by atoms with Crippen LogP contribution in [0.3, 0.4) is 0 Å². The number of hydrogen-bond donors (Lipinski definition) is 1. The van der Waals surface area contributed by atoms with Crippen LogP contribution in [0.5, 0.6) is 5.75 Å². The van der Waals surface area contributed by atoms with Crippen molar-refractivity contribution in [2.45, 2.75) is 37.1 Å². The molecule has 3 heterocycles. The molecule has 11 heteroatoms. The number of benzene rings is 1. The highest BCUT2D eigenvalue weighted by Crippen LogP contribution is 2.38. The topological polar surface area (TPSA) is 119 Å². The number of para-hydroxylation sites is 2. The predicted octanol–water partition coefficient (Wildman–Crippen LogP) is 4.25. The van der Waals surface area contributed by atoms with Gasteiger partial charge in [0.2, 0.25) is 5.95 Å². The largest absolute Gasteiger partial charge is 0.495 e. The Hall–Kier alpha value is -3.23. The molecule has 0 unspecified atom stereocenters. The van der Waals surface area contributed by atoms with Crippen molar-refractivity contribution < 1.29 is 14.3 Å². The number of carbonyl (C=O) groups excluding carboxylic acids is 1. The fourth-order valence-corrected chi connectivity index (χ4v) is 5.91. The molecule has 0 amide bonds. The van der Waals surface area contributed by atoms with E-state index in [1.54, 1.807) is 14.0 Å². The summed E-state index contributed by atoms with van der Waals surface area (Å²) in [7, 11) is 1.63. The molecular formula is C23H26N6O3S2. The van der Waals surface area contributed by atoms with Gasteiger partial charge in [-0.25, -0.2) is 4.79 Å². The van der Waals surface area contributed by atoms with E-state index in [-0.39, 0.29) is 6.61 Å². The number of hydrogen-bond acceptors (Lipinski definition) is 10. The van der Waals surface area contributed by atoms with Crippen molar-refractivity contribution in [3.05, 3.63) is 40.3 Å². The summed E-state index contributed by atoms with van der Waals surface area (Å²) >= 11 is 2.47. The Labute approximate surface area is 206 Å². The Morgan fingerprint density at radius 1 is 1.26 bits per heavy atom. The number of esters is 1. The van der Waals surface area contributed by atoms with Crippen molar-refractivity contribution in [1.29, 1.82) is 5.26 Å². The predicted molar refractivity (Wildman–Crippen MR) is 133 cm³/mol. The van der Waals surface area contributed by atoms with Crippen molar-refractivity contribution >= 4 is 40.0 Å². The average molecular weight is 499 g/mol. The summed E-state index contributed by atoms with van der Waals surface area (Å²) in [5.41, 5.74) is 7.73. The van der Waals surface area contributed by atoms with Crippen LogP contribution >= 0.6 is 23.1 Å². The first kappa shape index (κ1) is 23.9. The quantitative estimate of drug-likeness (QED) is 0.359. The van der Waals surface area contributed by atoms with E-state index >= 15 is 0 Å². The number of nitriles is 1. The third-order valence-corrected chi connectivity index (χ3v) is 7.53. The third kappa shape index (κ3) is 4.69. The van der Waals surface area contributed by atoms with Gasteiger partial charge in [-0.05, 0) is 38.3 Å². The molecule has 2 aromatic heterocycles. The number of aromatic nitrogens is 3. The Bertz CT molecular complexity index is 1210. The first-order valence-electron chi connectivity index (χ1n) is 11.0. The first-order chi connectivity index (χ1) is 16.6. The van der Waals surface area contributed by atoms with Gasteiger partial charge in [0, 0.05) is 24.4 Å². The number of nitrogens with zero attached hydrogens (tertiary/aromatic N) is 5. The molecule has 0 saturated carbocycles. The number of anilines is 2. The van der Waals surface area contributed by atoms with Crippen LogP contribution in [0.4, 0.5) is 10.9 Å². The van der Waals surface area contributed by atoms with Gasteiger partial charge in [0.05, 0.1) is 25.0 Å². The molecule has 4 rings (SSSR count). The number of methoxy groups -OCH3 is 1. The van der Waals surface area contributed by atoms with Crippen molar-refractivity contribution in [3.63, 3.8) is 0 Å². The Balaban J connectivity index is 1.73. The van der Waals surface area contributed by atoms with Crippen LogP contribution in [0.1, 0.15) is 47.0 Å². The molecule has 0 atom stereocenters. The van der Waals surface area contributed by atoms with Crippen LogP contribution in [0.25, 0.3) is 5.69 Å². The zero-order chi connectivity index (χ0) is 24.1. The standard InChI is InChI=1S/C23H26N6O3S2/c1-3-32-21(30)19-16(15(13-24)20(25)34-19)14-33-23-27-26-22(28-11-7-4-8-12-28)29(23)17-9-5-6-10-18(17)31-2/h5-6,9-10H,3-4,7-8,11-12,14,25H2,1-2H3. The summed E-state index contributed by atoms with van der Waals surface area (Å²) in [6.07, 6.45) is 3.40. The van der Waals surface area contributed by atoms with Crippen LogP contribution < -0.4 is 15.4 Å². The summed E-state index contributed by atoms with van der Waals surface area (Å²) in [5, 5.41) is 19.6. The van der Waals surface area contributed by atoms with Gasteiger partial charge in [0.15, 0.2) is 5.16 Å². The Morgan fingerprint density at radius 2 is 2.03 bits per heavy atom. The molecule has 1 aliphatic heterocycles. The zero-order valence-corrected chi connectivity index (χ0v) is 20.7. The van der Waals surface area contributed by atoms with Crippen LogP contribution in [0.2, 0.25) is 0 Å². The highest BCUT2D eigenvalue weighted by Gasteiger charge is 2.26. The molecule has 0 radical (unpaired) electrons. The Kier molecular flexibility index (Phi) is 7.59. The van der Waals surface area contributed by atoms with Crippen LogP contribution in [-0.2, 0) is 10.5 Å². The zero-order valence-electron chi connectivity index (χ0n) is 19.1. The normalized spacial score (nSPS) is 13.5. The number of carbonyl (C=O) groups is 1. The number of piperidine rings is 1. The minimum atomic E-state index is -0.475. The summed E-state index contributed by atoms with van der Waals surface area (Å²) in [5.74, 6) is 1.30. The van der Waals surface area contributed by atoms with Crippen molar-refractivity contribution in [1.82, 2.24) is 14.8 Å². The molecule has 1 saturated heterocycles. The van der Waals surface area contributed by atoms with Gasteiger partial charge >= 0.3 is 5.97 Å². The van der Waals surface area contributed by atoms with Crippen LogP contribution in [0, 0.1) is 11.3 Å². The van der Waals surface area contributed by atoms with Crippen LogP contribution in [0.15, 0.2) is 29.4 Å². The molecule has 1 aliphatic rings. The van der Waals surface area contributed by atoms with Gasteiger partial charge < -0.3 is 20.1 Å². The molecule has 1 fully saturated rings. The number of ether oxygens (including phenoxy) is 2. The van der Waals surface area contributed by atoms with E-state index in [4.69, 9.17) is 15.2 Å². The third-order valence-electron chi connectivity index (χ3n) is 5.53. The molecule has 2 N–H and O–H groups in total. The highest BCUT2D eigenvalue weighted by molar-refractivity contribution is 7.98. The van der Waals surface area contributed by atoms with Gasteiger partial charge in [0.25, 0.3) is 0 Å². The maximum Gasteiger partial charge on any atom is 0.348 e. The van der Waals surface area contributed by atoms with E-state index in [0.29, 0.717) is 37.7 Å². The lowest BCUT2D eigenvalue weighted by atomic mass is 10.1. The van der Waals surface area contributed by atoms with Crippen molar-refractivity contribution in [3.8, 4) is 17.5 Å². The van der Waals surface area contributed by atoms with Gasteiger partial charge in [-0.3, -0.25) is 4.57 Å². The number of thiophene rings is 1. The van der Waals surface area contributed by atoms with Crippen molar-refractivity contribution in [2.75, 3.05) is 37.4 Å². The maximum atomic E-state index is 12.5. The molecule has 1 aromatic carbocycles. The molecule has 34 heavy (non-hydrogen) atoms. The van der Waals surface area contributed by atoms with E-state index in [0.717, 1.165) is 48.9 Å². The second kappa shape index (κ2) is 10.8. The monoisotopic (exact) mass is 498 g/mol. The molecular weight excluding hydrogens is 472 g/mol. The highest BCUT2D eigenvalue weighted by atomic mass is 32.2. The minimum Gasteiger partial charge on any atom is -0.495 e. The summed E-state index contributed by atoms with van der Waals surface area (Å²) in [6, 6.07) is 9.85.